The average molecular weight is 475 g/mol. The van der Waals surface area contributed by atoms with Crippen LogP contribution >= 0.6 is 47.0 Å². The van der Waals surface area contributed by atoms with Crippen molar-refractivity contribution in [3.8, 4) is 0 Å². The molecule has 0 aliphatic carbocycles. The summed E-state index contributed by atoms with van der Waals surface area (Å²) in [4.78, 5) is 0. The molecule has 3 aromatic rings. The lowest BCUT2D eigenvalue weighted by molar-refractivity contribution is 0.676. The average Bonchev–Trinajstić information content (AvgIpc) is 2.78. The van der Waals surface area contributed by atoms with Crippen molar-refractivity contribution in [1.82, 2.24) is 0 Å². The molecular weight excluding hydrogens is 441 g/mol. The van der Waals surface area contributed by atoms with Crippen LogP contribution in [0.3, 0.4) is 0 Å². The summed E-state index contributed by atoms with van der Waals surface area (Å²) in [6.45, 7) is 4.52. The molecule has 0 N–H and O–H groups in total. The second-order valence-electron chi connectivity index (χ2n) is 7.41. The van der Waals surface area contributed by atoms with E-state index >= 15 is 0 Å². The van der Waals surface area contributed by atoms with Crippen molar-refractivity contribution in [2.45, 2.75) is 20.3 Å². The fourth-order valence-electron chi connectivity index (χ4n) is 3.81. The van der Waals surface area contributed by atoms with Crippen LogP contribution in [0.15, 0.2) is 54.6 Å². The van der Waals surface area contributed by atoms with Crippen LogP contribution in [0.25, 0.3) is 21.5 Å². The molecule has 0 saturated carbocycles. The van der Waals surface area contributed by atoms with Crippen molar-refractivity contribution in [2.24, 2.45) is 5.92 Å². The van der Waals surface area contributed by atoms with E-state index in [-0.39, 0.29) is 0 Å². The fraction of sp³-hybridized carbons (Fsp3) is 0.462. The molecule has 0 nitrogen and oxygen atoms in total. The summed E-state index contributed by atoms with van der Waals surface area (Å²) >= 11 is 8.45. The van der Waals surface area contributed by atoms with Gasteiger partial charge in [0.05, 0.1) is 0 Å². The van der Waals surface area contributed by atoms with E-state index in [9.17, 15) is 0 Å². The highest BCUT2D eigenvalue weighted by Crippen LogP contribution is 2.32. The van der Waals surface area contributed by atoms with Gasteiger partial charge in [0.25, 0.3) is 0 Å². The molecule has 0 aliphatic heterocycles. The molecule has 0 aliphatic rings. The zero-order valence-corrected chi connectivity index (χ0v) is 21.5. The highest BCUT2D eigenvalue weighted by molar-refractivity contribution is 8.03. The summed E-state index contributed by atoms with van der Waals surface area (Å²) in [5.41, 5.74) is 1.56. The summed E-state index contributed by atoms with van der Waals surface area (Å²) < 4.78 is 0. The molecule has 4 heteroatoms. The lowest BCUT2D eigenvalue weighted by atomic mass is 9.91. The molecule has 0 unspecified atom stereocenters. The highest BCUT2D eigenvalue weighted by atomic mass is 32.2. The van der Waals surface area contributed by atoms with Gasteiger partial charge in [0, 0.05) is 23.0 Å². The first-order valence-corrected chi connectivity index (χ1v) is 15.7. The smallest absolute Gasteiger partial charge is 0.00236 e. The van der Waals surface area contributed by atoms with Gasteiger partial charge in [-0.25, -0.2) is 0 Å². The Bertz CT molecular complexity index is 824. The van der Waals surface area contributed by atoms with Gasteiger partial charge in [0.2, 0.25) is 0 Å². The third-order valence-electron chi connectivity index (χ3n) is 5.23. The zero-order chi connectivity index (χ0) is 21.0. The SMILES string of the molecule is CCSCCSCC(CSCCSCC)Cc1c2ccccc2cc2ccccc12. The largest absolute Gasteiger partial charge is 0.161 e. The van der Waals surface area contributed by atoms with Crippen LogP contribution in [-0.2, 0) is 6.42 Å². The number of hydrogen-bond donors (Lipinski definition) is 0. The van der Waals surface area contributed by atoms with Crippen molar-refractivity contribution in [1.29, 1.82) is 0 Å². The van der Waals surface area contributed by atoms with Crippen LogP contribution in [0.1, 0.15) is 19.4 Å². The Balaban J connectivity index is 1.77. The number of rotatable bonds is 14. The van der Waals surface area contributed by atoms with Crippen molar-refractivity contribution in [2.75, 3.05) is 46.0 Å². The first kappa shape index (κ1) is 24.2. The molecule has 0 saturated heterocycles. The minimum Gasteiger partial charge on any atom is -0.161 e. The van der Waals surface area contributed by atoms with Gasteiger partial charge in [-0.15, -0.1) is 0 Å². The summed E-state index contributed by atoms with van der Waals surface area (Å²) in [5.74, 6) is 10.9. The van der Waals surface area contributed by atoms with E-state index in [2.05, 4.69) is 115 Å². The van der Waals surface area contributed by atoms with Crippen molar-refractivity contribution in [3.05, 3.63) is 60.2 Å². The monoisotopic (exact) mass is 474 g/mol. The van der Waals surface area contributed by atoms with Gasteiger partial charge in [-0.3, -0.25) is 0 Å². The van der Waals surface area contributed by atoms with Crippen molar-refractivity contribution < 1.29 is 0 Å². The van der Waals surface area contributed by atoms with E-state index in [4.69, 9.17) is 0 Å². The second-order valence-corrected chi connectivity index (χ2v) is 12.5. The van der Waals surface area contributed by atoms with Crippen LogP contribution in [0, 0.1) is 5.92 Å². The van der Waals surface area contributed by atoms with E-state index in [1.807, 2.05) is 0 Å². The third kappa shape index (κ3) is 7.32. The van der Waals surface area contributed by atoms with E-state index in [1.54, 1.807) is 5.56 Å². The van der Waals surface area contributed by atoms with Crippen LogP contribution in [-0.4, -0.2) is 46.0 Å². The maximum absolute atomic E-state index is 2.36. The first-order chi connectivity index (χ1) is 14.8. The predicted octanol–water partition coefficient (Wildman–Crippen LogP) is 8.12. The second kappa shape index (κ2) is 13.9. The summed E-state index contributed by atoms with van der Waals surface area (Å²) in [5, 5.41) is 5.64. The molecule has 0 aromatic heterocycles. The molecule has 0 spiro atoms. The molecule has 0 amide bonds. The van der Waals surface area contributed by atoms with Gasteiger partial charge in [-0.1, -0.05) is 62.4 Å². The molecule has 0 bridgehead atoms. The van der Waals surface area contributed by atoms with Gasteiger partial charge in [-0.05, 0) is 68.5 Å². The molecule has 0 radical (unpaired) electrons. The van der Waals surface area contributed by atoms with Crippen molar-refractivity contribution >= 4 is 68.6 Å². The Morgan fingerprint density at radius 2 is 1.10 bits per heavy atom. The van der Waals surface area contributed by atoms with Gasteiger partial charge < -0.3 is 0 Å². The Morgan fingerprint density at radius 3 is 1.60 bits per heavy atom. The van der Waals surface area contributed by atoms with E-state index in [0.29, 0.717) is 0 Å². The summed E-state index contributed by atoms with van der Waals surface area (Å²) in [6.07, 6.45) is 1.18. The molecule has 30 heavy (non-hydrogen) atoms. The number of thioether (sulfide) groups is 4. The minimum atomic E-state index is 0.729. The maximum atomic E-state index is 2.36. The molecule has 0 atom stereocenters. The summed E-state index contributed by atoms with van der Waals surface area (Å²) in [7, 11) is 0. The van der Waals surface area contributed by atoms with E-state index < -0.39 is 0 Å². The quantitative estimate of drug-likeness (QED) is 0.171. The predicted molar refractivity (Wildman–Crippen MR) is 149 cm³/mol. The first-order valence-electron chi connectivity index (χ1n) is 11.0. The van der Waals surface area contributed by atoms with Gasteiger partial charge >= 0.3 is 0 Å². The lowest BCUT2D eigenvalue weighted by Gasteiger charge is -2.19. The standard InChI is InChI=1S/C26H34S4/c1-3-27-13-15-29-19-21(20-30-16-14-28-4-2)17-26-24-11-7-5-9-22(24)18-23-10-6-8-12-25(23)26/h5-12,18,21H,3-4,13-17,19-20H2,1-2H3. The Hall–Kier alpha value is -0.420. The number of fused-ring (bicyclic) bond motifs is 2. The fourth-order valence-corrected chi connectivity index (χ4v) is 7.89. The van der Waals surface area contributed by atoms with E-state index in [0.717, 1.165) is 5.92 Å². The van der Waals surface area contributed by atoms with Crippen molar-refractivity contribution in [3.63, 3.8) is 0 Å². The molecule has 0 fully saturated rings. The normalized spacial score (nSPS) is 11.7. The minimum absolute atomic E-state index is 0.729. The summed E-state index contributed by atoms with van der Waals surface area (Å²) in [6, 6.07) is 20.3. The Labute approximate surface area is 200 Å². The Morgan fingerprint density at radius 1 is 0.633 bits per heavy atom. The molecule has 0 heterocycles. The number of hydrogen-bond acceptors (Lipinski definition) is 4. The van der Waals surface area contributed by atoms with Crippen LogP contribution in [0.5, 0.6) is 0 Å². The van der Waals surface area contributed by atoms with Gasteiger partial charge in [-0.2, -0.15) is 47.0 Å². The van der Waals surface area contributed by atoms with Gasteiger partial charge in [0.15, 0.2) is 0 Å². The molecule has 3 rings (SSSR count). The van der Waals surface area contributed by atoms with Crippen LogP contribution < -0.4 is 0 Å². The topological polar surface area (TPSA) is 0 Å². The van der Waals surface area contributed by atoms with Gasteiger partial charge in [0.1, 0.15) is 0 Å². The van der Waals surface area contributed by atoms with E-state index in [1.165, 1.54) is 74.0 Å². The highest BCUT2D eigenvalue weighted by Gasteiger charge is 2.15. The Kier molecular flexibility index (Phi) is 11.2. The lowest BCUT2D eigenvalue weighted by Crippen LogP contribution is -2.13. The molecule has 162 valence electrons. The van der Waals surface area contributed by atoms with Crippen LogP contribution in [0.2, 0.25) is 0 Å². The molecular formula is C26H34S4. The number of benzene rings is 3. The van der Waals surface area contributed by atoms with Crippen LogP contribution in [0.4, 0.5) is 0 Å². The molecule has 3 aromatic carbocycles. The zero-order valence-electron chi connectivity index (χ0n) is 18.3. The maximum Gasteiger partial charge on any atom is 0.00236 e. The third-order valence-corrected chi connectivity index (χ3v) is 9.95.